The van der Waals surface area contributed by atoms with Crippen molar-refractivity contribution < 1.29 is 40.1 Å². The van der Waals surface area contributed by atoms with Crippen LogP contribution in [0.4, 0.5) is 0 Å². The normalized spacial score (nSPS) is 44.7. The highest BCUT2D eigenvalue weighted by atomic mass is 127. The van der Waals surface area contributed by atoms with Gasteiger partial charge in [0.05, 0.1) is 13.2 Å². The van der Waals surface area contributed by atoms with Gasteiger partial charge in [-0.05, 0) is 22.6 Å². The van der Waals surface area contributed by atoms with Crippen LogP contribution in [0.25, 0.3) is 0 Å². The molecule has 2 aliphatic rings. The van der Waals surface area contributed by atoms with E-state index < -0.39 is 70.4 Å². The summed E-state index contributed by atoms with van der Waals surface area (Å²) in [5.41, 5.74) is -4.16. The monoisotopic (exact) mass is 502 g/mol. The first kappa shape index (κ1) is 20.8. The lowest BCUT2D eigenvalue weighted by Crippen LogP contribution is -2.65. The molecular weight excluding hydrogens is 483 g/mol. The number of aromatic amines is 1. The van der Waals surface area contributed by atoms with E-state index in [4.69, 9.17) is 9.47 Å². The topological polar surface area (TPSA) is 195 Å². The number of ether oxygens (including phenoxy) is 2. The van der Waals surface area contributed by atoms with Crippen molar-refractivity contribution in [3.8, 4) is 0 Å². The van der Waals surface area contributed by atoms with Crippen molar-refractivity contribution in [2.45, 2.75) is 46.0 Å². The molecule has 27 heavy (non-hydrogen) atoms. The maximum absolute atomic E-state index is 12.4. The third-order valence-electron chi connectivity index (χ3n) is 4.87. The number of nitrogens with one attached hydrogen (secondary N) is 1. The Kier molecular flexibility index (Phi) is 5.52. The molecule has 8 atom stereocenters. The summed E-state index contributed by atoms with van der Waals surface area (Å²) in [6.07, 6.45) is -8.40. The van der Waals surface area contributed by atoms with E-state index in [0.717, 1.165) is 12.3 Å². The van der Waals surface area contributed by atoms with Gasteiger partial charge in [-0.1, -0.05) is 0 Å². The minimum absolute atomic E-state index is 0.684. The van der Waals surface area contributed by atoms with Gasteiger partial charge in [0.15, 0.2) is 3.61 Å². The molecular formula is C14H19IN2O10. The molecule has 0 aliphatic carbocycles. The lowest BCUT2D eigenvalue weighted by atomic mass is 9.92. The van der Waals surface area contributed by atoms with Gasteiger partial charge >= 0.3 is 5.69 Å². The number of aliphatic hydroxyl groups is 6. The molecule has 1 aromatic heterocycles. The van der Waals surface area contributed by atoms with Gasteiger partial charge in [-0.3, -0.25) is 14.3 Å². The number of rotatable bonds is 4. The molecule has 0 unspecified atom stereocenters. The number of aromatic nitrogens is 2. The molecule has 13 heteroatoms. The molecule has 12 nitrogen and oxygen atoms in total. The van der Waals surface area contributed by atoms with Crippen LogP contribution < -0.4 is 11.2 Å². The Morgan fingerprint density at radius 3 is 2.26 bits per heavy atom. The first-order chi connectivity index (χ1) is 12.6. The average Bonchev–Trinajstić information content (AvgIpc) is 3.01. The summed E-state index contributed by atoms with van der Waals surface area (Å²) in [6, 6.07) is 0.944. The third kappa shape index (κ3) is 2.89. The predicted molar refractivity (Wildman–Crippen MR) is 94.0 cm³/mol. The van der Waals surface area contributed by atoms with E-state index in [0.29, 0.717) is 4.57 Å². The molecule has 2 saturated heterocycles. The number of H-pyrrole nitrogens is 1. The Labute approximate surface area is 164 Å². The van der Waals surface area contributed by atoms with Crippen LogP contribution in [-0.4, -0.2) is 93.6 Å². The third-order valence-corrected chi connectivity index (χ3v) is 6.28. The van der Waals surface area contributed by atoms with Crippen LogP contribution in [0, 0.1) is 0 Å². The minimum Gasteiger partial charge on any atom is -0.394 e. The summed E-state index contributed by atoms with van der Waals surface area (Å²) in [5, 5.41) is 60.8. The average molecular weight is 502 g/mol. The van der Waals surface area contributed by atoms with Gasteiger partial charge in [0.2, 0.25) is 5.72 Å². The molecule has 2 fully saturated rings. The van der Waals surface area contributed by atoms with Gasteiger partial charge in [-0.25, -0.2) is 4.79 Å². The summed E-state index contributed by atoms with van der Waals surface area (Å²) >= 11 is 1.38. The summed E-state index contributed by atoms with van der Waals surface area (Å²) < 4.78 is 9.45. The Balaban J connectivity index is 2.25. The SMILES string of the molecule is O=c1ccn([C@]2([C@H]3O[C@@H](CO)[C@H](O)[C@H]3O)O[C@H](CO)[C@@H](O)[C@]2(O)I)c(=O)[nH]1. The molecule has 0 spiro atoms. The van der Waals surface area contributed by atoms with E-state index >= 15 is 0 Å². The van der Waals surface area contributed by atoms with E-state index in [-0.39, 0.29) is 0 Å². The van der Waals surface area contributed by atoms with E-state index in [9.17, 15) is 40.2 Å². The molecule has 152 valence electrons. The number of hydrogen-bond donors (Lipinski definition) is 7. The molecule has 0 amide bonds. The number of halogens is 1. The minimum atomic E-state index is -2.36. The highest BCUT2D eigenvalue weighted by molar-refractivity contribution is 14.1. The van der Waals surface area contributed by atoms with Crippen molar-refractivity contribution >= 4 is 22.6 Å². The first-order valence-electron chi connectivity index (χ1n) is 7.94. The van der Waals surface area contributed by atoms with E-state index in [1.165, 1.54) is 22.6 Å². The van der Waals surface area contributed by atoms with Gasteiger partial charge < -0.3 is 40.1 Å². The van der Waals surface area contributed by atoms with Crippen LogP contribution in [0.1, 0.15) is 0 Å². The van der Waals surface area contributed by atoms with Crippen LogP contribution in [0.3, 0.4) is 0 Å². The molecule has 0 bridgehead atoms. The highest BCUT2D eigenvalue weighted by Gasteiger charge is 2.72. The zero-order valence-electron chi connectivity index (χ0n) is 13.7. The summed E-state index contributed by atoms with van der Waals surface area (Å²) in [4.78, 5) is 25.8. The molecule has 0 saturated carbocycles. The first-order valence-corrected chi connectivity index (χ1v) is 9.02. The second-order valence-corrected chi connectivity index (χ2v) is 8.04. The Bertz CT molecular complexity index is 812. The fraction of sp³-hybridized carbons (Fsp3) is 0.714. The zero-order chi connectivity index (χ0) is 20.1. The van der Waals surface area contributed by atoms with Crippen LogP contribution in [0.15, 0.2) is 21.9 Å². The van der Waals surface area contributed by atoms with Gasteiger partial charge in [0.1, 0.15) is 36.6 Å². The second kappa shape index (κ2) is 7.16. The molecule has 3 rings (SSSR count). The smallest absolute Gasteiger partial charge is 0.330 e. The molecule has 0 aromatic carbocycles. The van der Waals surface area contributed by atoms with Crippen LogP contribution >= 0.6 is 22.6 Å². The van der Waals surface area contributed by atoms with Crippen molar-refractivity contribution in [1.29, 1.82) is 0 Å². The van der Waals surface area contributed by atoms with Crippen LogP contribution in [-0.2, 0) is 15.2 Å². The van der Waals surface area contributed by atoms with Crippen molar-refractivity contribution in [3.05, 3.63) is 33.1 Å². The fourth-order valence-corrected chi connectivity index (χ4v) is 4.60. The zero-order valence-corrected chi connectivity index (χ0v) is 15.8. The standard InChI is InChI=1S/C14H19IN2O10/c15-13(25)10(23)6(4-19)27-14(13,17-2-1-7(20)16-12(17)24)11-9(22)8(21)5(3-18)26-11/h1-2,5-6,8-11,18-19,21-23,25H,3-4H2,(H,16,20,24)/t5-,6+,8-,9+,10+,11-,13+,14+/m0/s1. The largest absolute Gasteiger partial charge is 0.394 e. The van der Waals surface area contributed by atoms with Gasteiger partial charge in [0, 0.05) is 12.3 Å². The lowest BCUT2D eigenvalue weighted by Gasteiger charge is -2.43. The Morgan fingerprint density at radius 1 is 1.15 bits per heavy atom. The number of nitrogens with zero attached hydrogens (tertiary/aromatic N) is 1. The van der Waals surface area contributed by atoms with Crippen molar-refractivity contribution in [2.75, 3.05) is 13.2 Å². The van der Waals surface area contributed by atoms with E-state index in [1.807, 2.05) is 4.98 Å². The molecule has 2 aliphatic heterocycles. The number of alkyl halides is 1. The van der Waals surface area contributed by atoms with Gasteiger partial charge in [-0.2, -0.15) is 0 Å². The van der Waals surface area contributed by atoms with E-state index in [2.05, 4.69) is 0 Å². The highest BCUT2D eigenvalue weighted by Crippen LogP contribution is 2.52. The fourth-order valence-electron chi connectivity index (χ4n) is 3.50. The summed E-state index contributed by atoms with van der Waals surface area (Å²) in [7, 11) is 0. The van der Waals surface area contributed by atoms with Crippen LogP contribution in [0.2, 0.25) is 0 Å². The van der Waals surface area contributed by atoms with Crippen LogP contribution in [0.5, 0.6) is 0 Å². The Morgan fingerprint density at radius 2 is 1.78 bits per heavy atom. The van der Waals surface area contributed by atoms with Gasteiger partial charge in [0.25, 0.3) is 5.56 Å². The molecule has 3 heterocycles. The second-order valence-electron chi connectivity index (χ2n) is 6.39. The summed E-state index contributed by atoms with van der Waals surface area (Å²) in [6.45, 7) is -1.43. The quantitative estimate of drug-likeness (QED) is 0.156. The van der Waals surface area contributed by atoms with Gasteiger partial charge in [-0.15, -0.1) is 0 Å². The number of hydrogen-bond acceptors (Lipinski definition) is 10. The molecule has 0 radical (unpaired) electrons. The number of aliphatic hydroxyl groups excluding tert-OH is 5. The summed E-state index contributed by atoms with van der Waals surface area (Å²) in [5.74, 6) is 0. The predicted octanol–water partition coefficient (Wildman–Crippen LogP) is -4.45. The van der Waals surface area contributed by atoms with Crippen molar-refractivity contribution in [2.24, 2.45) is 0 Å². The Hall–Kier alpha value is -0.910. The maximum Gasteiger partial charge on any atom is 0.330 e. The molecule has 7 N–H and O–H groups in total. The maximum atomic E-state index is 12.4. The van der Waals surface area contributed by atoms with E-state index in [1.54, 1.807) is 0 Å². The lowest BCUT2D eigenvalue weighted by molar-refractivity contribution is -0.239. The molecule has 1 aromatic rings. The van der Waals surface area contributed by atoms with Crippen molar-refractivity contribution in [1.82, 2.24) is 9.55 Å². The van der Waals surface area contributed by atoms with Crippen molar-refractivity contribution in [3.63, 3.8) is 0 Å².